The number of nitriles is 1. The zero-order valence-electron chi connectivity index (χ0n) is 11.8. The number of hydrogen-bond acceptors (Lipinski definition) is 4. The van der Waals surface area contributed by atoms with Gasteiger partial charge in [-0.3, -0.25) is 0 Å². The summed E-state index contributed by atoms with van der Waals surface area (Å²) in [5.74, 6) is 0.0257. The van der Waals surface area contributed by atoms with E-state index in [-0.39, 0.29) is 11.3 Å². The van der Waals surface area contributed by atoms with Gasteiger partial charge in [0.15, 0.2) is 11.5 Å². The highest BCUT2D eigenvalue weighted by atomic mass is 19.1. The third-order valence-electron chi connectivity index (χ3n) is 3.20. The predicted molar refractivity (Wildman–Crippen MR) is 77.8 cm³/mol. The molecule has 2 rings (SSSR count). The Morgan fingerprint density at radius 2 is 2.10 bits per heavy atom. The summed E-state index contributed by atoms with van der Waals surface area (Å²) in [6.07, 6.45) is 0. The Bertz CT molecular complexity index is 708. The van der Waals surface area contributed by atoms with Crippen molar-refractivity contribution in [2.24, 2.45) is 0 Å². The number of methoxy groups -OCH3 is 1. The van der Waals surface area contributed by atoms with Crippen molar-refractivity contribution in [2.45, 2.75) is 13.5 Å². The molecule has 0 aromatic heterocycles. The van der Waals surface area contributed by atoms with Crippen LogP contribution in [0, 0.1) is 24.1 Å². The molecular formula is C16H15FN2O2. The molecule has 108 valence electrons. The van der Waals surface area contributed by atoms with Crippen molar-refractivity contribution in [3.63, 3.8) is 0 Å². The number of benzene rings is 2. The Morgan fingerprint density at radius 1 is 1.33 bits per heavy atom. The smallest absolute Gasteiger partial charge is 0.160 e. The quantitative estimate of drug-likeness (QED) is 0.904. The zero-order valence-corrected chi connectivity index (χ0v) is 11.8. The van der Waals surface area contributed by atoms with Gasteiger partial charge in [-0.25, -0.2) is 4.39 Å². The van der Waals surface area contributed by atoms with Crippen LogP contribution in [0.3, 0.4) is 0 Å². The minimum atomic E-state index is -0.417. The highest BCUT2D eigenvalue weighted by Gasteiger charge is 2.08. The van der Waals surface area contributed by atoms with E-state index in [1.54, 1.807) is 25.1 Å². The predicted octanol–water partition coefficient (Wildman–Crippen LogP) is 3.33. The molecule has 0 aliphatic carbocycles. The van der Waals surface area contributed by atoms with Gasteiger partial charge in [0, 0.05) is 17.8 Å². The highest BCUT2D eigenvalue weighted by Crippen LogP contribution is 2.27. The van der Waals surface area contributed by atoms with Crippen molar-refractivity contribution >= 4 is 5.69 Å². The second-order valence-corrected chi connectivity index (χ2v) is 4.60. The van der Waals surface area contributed by atoms with Gasteiger partial charge in [0.1, 0.15) is 5.82 Å². The summed E-state index contributed by atoms with van der Waals surface area (Å²) in [5.41, 5.74) is 2.16. The minimum Gasteiger partial charge on any atom is -0.504 e. The average Bonchev–Trinajstić information content (AvgIpc) is 2.49. The molecule has 0 heterocycles. The Balaban J connectivity index is 2.20. The van der Waals surface area contributed by atoms with Gasteiger partial charge in [0.05, 0.1) is 18.7 Å². The fourth-order valence-corrected chi connectivity index (χ4v) is 1.96. The summed E-state index contributed by atoms with van der Waals surface area (Å²) in [5, 5.41) is 21.5. The van der Waals surface area contributed by atoms with Crippen molar-refractivity contribution < 1.29 is 14.2 Å². The summed E-state index contributed by atoms with van der Waals surface area (Å²) >= 11 is 0. The molecule has 0 atom stereocenters. The van der Waals surface area contributed by atoms with Crippen molar-refractivity contribution in [1.82, 2.24) is 0 Å². The first-order chi connectivity index (χ1) is 10.0. The maximum atomic E-state index is 13.7. The monoisotopic (exact) mass is 286 g/mol. The van der Waals surface area contributed by atoms with E-state index >= 15 is 0 Å². The number of anilines is 1. The number of halogens is 1. The Kier molecular flexibility index (Phi) is 4.29. The van der Waals surface area contributed by atoms with E-state index in [1.807, 2.05) is 6.07 Å². The van der Waals surface area contributed by atoms with Crippen LogP contribution in [0.4, 0.5) is 10.1 Å². The lowest BCUT2D eigenvalue weighted by atomic mass is 10.1. The number of nitrogens with zero attached hydrogens (tertiary/aromatic N) is 1. The largest absolute Gasteiger partial charge is 0.504 e. The number of nitrogens with one attached hydrogen (secondary N) is 1. The molecular weight excluding hydrogens is 271 g/mol. The molecule has 0 saturated carbocycles. The Hall–Kier alpha value is -2.74. The third-order valence-corrected chi connectivity index (χ3v) is 3.20. The number of aromatic hydroxyl groups is 1. The SMILES string of the molecule is COc1cc(CNc2cc(C#N)cc(F)c2C)ccc1O. The lowest BCUT2D eigenvalue weighted by Gasteiger charge is -2.12. The lowest BCUT2D eigenvalue weighted by Crippen LogP contribution is -2.03. The van der Waals surface area contributed by atoms with Crippen LogP contribution >= 0.6 is 0 Å². The van der Waals surface area contributed by atoms with Crippen molar-refractivity contribution in [1.29, 1.82) is 5.26 Å². The van der Waals surface area contributed by atoms with Crippen LogP contribution in [0.25, 0.3) is 0 Å². The Morgan fingerprint density at radius 3 is 2.76 bits per heavy atom. The van der Waals surface area contributed by atoms with E-state index in [0.29, 0.717) is 23.5 Å². The maximum absolute atomic E-state index is 13.7. The number of rotatable bonds is 4. The van der Waals surface area contributed by atoms with Gasteiger partial charge in [-0.15, -0.1) is 0 Å². The first-order valence-electron chi connectivity index (χ1n) is 6.35. The summed E-state index contributed by atoms with van der Waals surface area (Å²) in [6.45, 7) is 2.07. The summed E-state index contributed by atoms with van der Waals surface area (Å²) in [6, 6.07) is 9.72. The summed E-state index contributed by atoms with van der Waals surface area (Å²) in [4.78, 5) is 0. The average molecular weight is 286 g/mol. The third kappa shape index (κ3) is 3.23. The van der Waals surface area contributed by atoms with Crippen LogP contribution in [0.5, 0.6) is 11.5 Å². The number of phenols is 1. The molecule has 0 amide bonds. The van der Waals surface area contributed by atoms with E-state index in [2.05, 4.69) is 5.32 Å². The summed E-state index contributed by atoms with van der Waals surface area (Å²) < 4.78 is 18.7. The second kappa shape index (κ2) is 6.14. The van der Waals surface area contributed by atoms with E-state index < -0.39 is 5.82 Å². The van der Waals surface area contributed by atoms with Crippen LogP contribution in [-0.4, -0.2) is 12.2 Å². The van der Waals surface area contributed by atoms with E-state index in [1.165, 1.54) is 19.2 Å². The van der Waals surface area contributed by atoms with E-state index in [0.717, 1.165) is 5.56 Å². The highest BCUT2D eigenvalue weighted by molar-refractivity contribution is 5.56. The Labute approximate surface area is 122 Å². The fraction of sp³-hybridized carbons (Fsp3) is 0.188. The topological polar surface area (TPSA) is 65.3 Å². The molecule has 0 aliphatic heterocycles. The van der Waals surface area contributed by atoms with Crippen molar-refractivity contribution in [3.8, 4) is 17.6 Å². The molecule has 2 aromatic rings. The summed E-state index contributed by atoms with van der Waals surface area (Å²) in [7, 11) is 1.47. The van der Waals surface area contributed by atoms with Crippen LogP contribution in [0.1, 0.15) is 16.7 Å². The molecule has 21 heavy (non-hydrogen) atoms. The maximum Gasteiger partial charge on any atom is 0.160 e. The normalized spacial score (nSPS) is 10.0. The van der Waals surface area contributed by atoms with Crippen molar-refractivity contribution in [3.05, 3.63) is 52.8 Å². The fourth-order valence-electron chi connectivity index (χ4n) is 1.96. The van der Waals surface area contributed by atoms with Crippen LogP contribution < -0.4 is 10.1 Å². The van der Waals surface area contributed by atoms with Gasteiger partial charge in [-0.1, -0.05) is 6.07 Å². The molecule has 0 unspecified atom stereocenters. The molecule has 2 N–H and O–H groups in total. The van der Waals surface area contributed by atoms with E-state index in [4.69, 9.17) is 10.00 Å². The molecule has 0 fully saturated rings. The van der Waals surface area contributed by atoms with Gasteiger partial charge >= 0.3 is 0 Å². The lowest BCUT2D eigenvalue weighted by molar-refractivity contribution is 0.373. The molecule has 0 radical (unpaired) electrons. The molecule has 4 nitrogen and oxygen atoms in total. The van der Waals surface area contributed by atoms with Crippen LogP contribution in [0.15, 0.2) is 30.3 Å². The van der Waals surface area contributed by atoms with Crippen LogP contribution in [0.2, 0.25) is 0 Å². The van der Waals surface area contributed by atoms with Gasteiger partial charge in [-0.05, 0) is 36.8 Å². The van der Waals surface area contributed by atoms with Crippen LogP contribution in [-0.2, 0) is 6.54 Å². The first kappa shape index (κ1) is 14.7. The van der Waals surface area contributed by atoms with Gasteiger partial charge in [0.2, 0.25) is 0 Å². The van der Waals surface area contributed by atoms with Gasteiger partial charge in [-0.2, -0.15) is 5.26 Å². The molecule has 2 aromatic carbocycles. The van der Waals surface area contributed by atoms with E-state index in [9.17, 15) is 9.50 Å². The molecule has 0 bridgehead atoms. The molecule has 0 spiro atoms. The first-order valence-corrected chi connectivity index (χ1v) is 6.35. The molecule has 0 aliphatic rings. The van der Waals surface area contributed by atoms with Gasteiger partial charge < -0.3 is 15.2 Å². The standard InChI is InChI=1S/C16H15FN2O2/c1-10-13(17)5-12(8-18)6-14(10)19-9-11-3-4-15(20)16(7-11)21-2/h3-7,19-20H,9H2,1-2H3. The molecule has 5 heteroatoms. The zero-order chi connectivity index (χ0) is 15.4. The minimum absolute atomic E-state index is 0.0648. The molecule has 0 saturated heterocycles. The van der Waals surface area contributed by atoms with Crippen molar-refractivity contribution in [2.75, 3.05) is 12.4 Å². The number of hydrogen-bond donors (Lipinski definition) is 2. The van der Waals surface area contributed by atoms with Gasteiger partial charge in [0.25, 0.3) is 0 Å². The number of phenolic OH excluding ortho intramolecular Hbond substituents is 1. The number of ether oxygens (including phenoxy) is 1. The second-order valence-electron chi connectivity index (χ2n) is 4.60.